The summed E-state index contributed by atoms with van der Waals surface area (Å²) in [5.74, 6) is -0.370. The van der Waals surface area contributed by atoms with E-state index in [0.717, 1.165) is 10.6 Å². The van der Waals surface area contributed by atoms with Crippen molar-refractivity contribution >= 4 is 46.7 Å². The second-order valence-electron chi connectivity index (χ2n) is 4.76. The topological polar surface area (TPSA) is 54.4 Å². The fourth-order valence-electron chi connectivity index (χ4n) is 1.93. The summed E-state index contributed by atoms with van der Waals surface area (Å²) in [6.07, 6.45) is 1.49. The lowest BCUT2D eigenvalue weighted by atomic mass is 10.2. The van der Waals surface area contributed by atoms with Gasteiger partial charge in [0.15, 0.2) is 0 Å². The van der Waals surface area contributed by atoms with Gasteiger partial charge in [-0.15, -0.1) is 11.3 Å². The van der Waals surface area contributed by atoms with E-state index in [4.69, 9.17) is 23.2 Å². The first-order chi connectivity index (χ1) is 11.6. The Bertz CT molecular complexity index is 891. The minimum atomic E-state index is -0.370. The summed E-state index contributed by atoms with van der Waals surface area (Å²) in [5.41, 5.74) is 4.44. The van der Waals surface area contributed by atoms with E-state index in [1.165, 1.54) is 17.6 Å². The SMILES string of the molecule is O=C(N/N=C\c1csc(-c2ccc(Cl)cc2)n1)c1ccccc1Cl. The van der Waals surface area contributed by atoms with Crippen LogP contribution in [-0.4, -0.2) is 17.1 Å². The summed E-state index contributed by atoms with van der Waals surface area (Å²) >= 11 is 13.3. The molecule has 0 unspecified atom stereocenters. The van der Waals surface area contributed by atoms with Gasteiger partial charge in [0.25, 0.3) is 5.91 Å². The van der Waals surface area contributed by atoms with Gasteiger partial charge in [0, 0.05) is 16.0 Å². The molecule has 0 bridgehead atoms. The van der Waals surface area contributed by atoms with Gasteiger partial charge in [-0.3, -0.25) is 4.79 Å². The molecule has 4 nitrogen and oxygen atoms in total. The highest BCUT2D eigenvalue weighted by Crippen LogP contribution is 2.24. The van der Waals surface area contributed by atoms with E-state index in [1.54, 1.807) is 24.3 Å². The molecule has 24 heavy (non-hydrogen) atoms. The van der Waals surface area contributed by atoms with Gasteiger partial charge in [0.1, 0.15) is 5.01 Å². The average molecular weight is 376 g/mol. The van der Waals surface area contributed by atoms with E-state index in [1.807, 2.05) is 29.6 Å². The Morgan fingerprint density at radius 3 is 2.62 bits per heavy atom. The van der Waals surface area contributed by atoms with Crippen LogP contribution < -0.4 is 5.43 Å². The van der Waals surface area contributed by atoms with Crippen LogP contribution in [0, 0.1) is 0 Å². The van der Waals surface area contributed by atoms with Crippen LogP contribution >= 0.6 is 34.5 Å². The quantitative estimate of drug-likeness (QED) is 0.521. The number of carbonyl (C=O) groups excluding carboxylic acids is 1. The second-order valence-corrected chi connectivity index (χ2v) is 6.47. The lowest BCUT2D eigenvalue weighted by molar-refractivity contribution is 0.0955. The molecule has 7 heteroatoms. The van der Waals surface area contributed by atoms with Crippen LogP contribution in [0.5, 0.6) is 0 Å². The zero-order valence-corrected chi connectivity index (χ0v) is 14.6. The van der Waals surface area contributed by atoms with Gasteiger partial charge >= 0.3 is 0 Å². The Morgan fingerprint density at radius 2 is 1.88 bits per heavy atom. The van der Waals surface area contributed by atoms with E-state index in [9.17, 15) is 4.79 Å². The van der Waals surface area contributed by atoms with E-state index >= 15 is 0 Å². The van der Waals surface area contributed by atoms with Crippen molar-refractivity contribution in [1.82, 2.24) is 10.4 Å². The first-order valence-corrected chi connectivity index (χ1v) is 8.56. The normalized spacial score (nSPS) is 10.9. The highest BCUT2D eigenvalue weighted by atomic mass is 35.5. The zero-order chi connectivity index (χ0) is 16.9. The van der Waals surface area contributed by atoms with Crippen LogP contribution in [0.15, 0.2) is 59.0 Å². The second kappa shape index (κ2) is 7.57. The van der Waals surface area contributed by atoms with Gasteiger partial charge in [-0.2, -0.15) is 5.10 Å². The summed E-state index contributed by atoms with van der Waals surface area (Å²) in [7, 11) is 0. The molecule has 0 aliphatic carbocycles. The van der Waals surface area contributed by atoms with Crippen LogP contribution in [0.2, 0.25) is 10.0 Å². The number of rotatable bonds is 4. The summed E-state index contributed by atoms with van der Waals surface area (Å²) in [6, 6.07) is 14.2. The standard InChI is InChI=1S/C17H11Cl2N3OS/c18-12-7-5-11(6-8-12)17-21-13(10-24-17)9-20-22-16(23)14-3-1-2-4-15(14)19/h1-10H,(H,22,23)/b20-9-. The molecule has 0 saturated carbocycles. The Hall–Kier alpha value is -2.21. The largest absolute Gasteiger partial charge is 0.272 e. The predicted molar refractivity (Wildman–Crippen MR) is 99.1 cm³/mol. The molecular weight excluding hydrogens is 365 g/mol. The average Bonchev–Trinajstić information content (AvgIpc) is 3.04. The van der Waals surface area contributed by atoms with Gasteiger partial charge < -0.3 is 0 Å². The summed E-state index contributed by atoms with van der Waals surface area (Å²) in [4.78, 5) is 16.4. The molecule has 120 valence electrons. The van der Waals surface area contributed by atoms with Crippen molar-refractivity contribution in [3.63, 3.8) is 0 Å². The molecule has 0 fully saturated rings. The van der Waals surface area contributed by atoms with Crippen molar-refractivity contribution in [2.75, 3.05) is 0 Å². The zero-order valence-electron chi connectivity index (χ0n) is 12.2. The van der Waals surface area contributed by atoms with Crippen molar-refractivity contribution in [2.24, 2.45) is 5.10 Å². The fourth-order valence-corrected chi connectivity index (χ4v) is 3.06. The number of nitrogens with zero attached hydrogens (tertiary/aromatic N) is 2. The molecule has 1 amide bonds. The number of hydrazone groups is 1. The molecule has 3 aromatic rings. The van der Waals surface area contributed by atoms with Crippen LogP contribution in [0.1, 0.15) is 16.1 Å². The Kier molecular flexibility index (Phi) is 5.25. The summed E-state index contributed by atoms with van der Waals surface area (Å²) in [5, 5.41) is 7.69. The smallest absolute Gasteiger partial charge is 0.267 e. The highest BCUT2D eigenvalue weighted by Gasteiger charge is 2.08. The molecule has 1 aromatic heterocycles. The number of benzene rings is 2. The number of hydrogen-bond acceptors (Lipinski definition) is 4. The van der Waals surface area contributed by atoms with E-state index in [0.29, 0.717) is 21.3 Å². The monoisotopic (exact) mass is 375 g/mol. The third-order valence-corrected chi connectivity index (χ3v) is 4.59. The Morgan fingerprint density at radius 1 is 1.12 bits per heavy atom. The minimum absolute atomic E-state index is 0.370. The summed E-state index contributed by atoms with van der Waals surface area (Å²) < 4.78 is 0. The summed E-state index contributed by atoms with van der Waals surface area (Å²) in [6.45, 7) is 0. The highest BCUT2D eigenvalue weighted by molar-refractivity contribution is 7.13. The number of hydrogen-bond donors (Lipinski definition) is 1. The molecule has 2 aromatic carbocycles. The number of carbonyl (C=O) groups is 1. The number of thiazole rings is 1. The molecule has 0 saturated heterocycles. The van der Waals surface area contributed by atoms with Crippen LogP contribution in [0.4, 0.5) is 0 Å². The molecule has 3 rings (SSSR count). The Balaban J connectivity index is 1.66. The van der Waals surface area contributed by atoms with E-state index in [-0.39, 0.29) is 5.91 Å². The van der Waals surface area contributed by atoms with E-state index < -0.39 is 0 Å². The third-order valence-electron chi connectivity index (χ3n) is 3.09. The predicted octanol–water partition coefficient (Wildman–Crippen LogP) is 4.88. The number of aromatic nitrogens is 1. The van der Waals surface area contributed by atoms with Crippen LogP contribution in [-0.2, 0) is 0 Å². The van der Waals surface area contributed by atoms with Crippen molar-refractivity contribution in [3.8, 4) is 10.6 Å². The lowest BCUT2D eigenvalue weighted by Crippen LogP contribution is -2.17. The van der Waals surface area contributed by atoms with Crippen molar-refractivity contribution in [1.29, 1.82) is 0 Å². The maximum atomic E-state index is 12.0. The molecule has 1 N–H and O–H groups in total. The lowest BCUT2D eigenvalue weighted by Gasteiger charge is -2.01. The van der Waals surface area contributed by atoms with Crippen molar-refractivity contribution in [2.45, 2.75) is 0 Å². The fraction of sp³-hybridized carbons (Fsp3) is 0. The first-order valence-electron chi connectivity index (χ1n) is 6.93. The van der Waals surface area contributed by atoms with Gasteiger partial charge in [-0.25, -0.2) is 10.4 Å². The third kappa shape index (κ3) is 4.00. The van der Waals surface area contributed by atoms with Gasteiger partial charge in [0.05, 0.1) is 22.5 Å². The number of nitrogens with one attached hydrogen (secondary N) is 1. The van der Waals surface area contributed by atoms with Crippen LogP contribution in [0.3, 0.4) is 0 Å². The molecule has 0 radical (unpaired) electrons. The maximum absolute atomic E-state index is 12.0. The van der Waals surface area contributed by atoms with Gasteiger partial charge in [0.2, 0.25) is 0 Å². The molecular formula is C17H11Cl2N3OS. The van der Waals surface area contributed by atoms with E-state index in [2.05, 4.69) is 15.5 Å². The molecule has 0 atom stereocenters. The van der Waals surface area contributed by atoms with Crippen molar-refractivity contribution < 1.29 is 4.79 Å². The molecule has 0 aliphatic rings. The Labute approximate surface area is 152 Å². The van der Waals surface area contributed by atoms with Crippen molar-refractivity contribution in [3.05, 3.63) is 75.2 Å². The van der Waals surface area contributed by atoms with Crippen LogP contribution in [0.25, 0.3) is 10.6 Å². The molecule has 0 spiro atoms. The first kappa shape index (κ1) is 16.6. The molecule has 1 heterocycles. The molecule has 0 aliphatic heterocycles. The van der Waals surface area contributed by atoms with Gasteiger partial charge in [-0.1, -0.05) is 47.5 Å². The number of amides is 1. The van der Waals surface area contributed by atoms with Gasteiger partial charge in [-0.05, 0) is 24.3 Å². The minimum Gasteiger partial charge on any atom is -0.267 e. The number of halogens is 2. The maximum Gasteiger partial charge on any atom is 0.272 e.